The number of nitrogens with two attached hydrogens (primary N) is 1. The summed E-state index contributed by atoms with van der Waals surface area (Å²) in [4.78, 5) is 38.1. The normalized spacial score (nSPS) is 13.8. The van der Waals surface area contributed by atoms with Gasteiger partial charge in [-0.1, -0.05) is 67.6 Å². The van der Waals surface area contributed by atoms with Crippen LogP contribution in [0.1, 0.15) is 49.7 Å². The van der Waals surface area contributed by atoms with E-state index in [0.717, 1.165) is 11.4 Å². The van der Waals surface area contributed by atoms with Crippen molar-refractivity contribution < 1.29 is 45.8 Å². The molecule has 2 amide bonds. The number of nitrogen functional groups attached to an aromatic ring is 1. The SMILES string of the molecule is CCCN(C(CCCC(NC(=O)[C@@H](NC(=O)OC)C(c1ccccc1)c1ccccc1)C(F)(F)F)C(=O)O)S(=O)(=O)c1ccc(N)cc1. The minimum Gasteiger partial charge on any atom is -0.480 e. The fraction of sp³-hybridized carbons (Fsp3) is 0.364. The number of halogens is 3. The first-order valence-corrected chi connectivity index (χ1v) is 16.6. The Labute approximate surface area is 277 Å². The first kappa shape index (κ1) is 37.8. The molecule has 0 saturated heterocycles. The number of carboxylic acid groups (broad SMARTS) is 1. The van der Waals surface area contributed by atoms with Gasteiger partial charge in [0.15, 0.2) is 0 Å². The number of amides is 2. The van der Waals surface area contributed by atoms with E-state index in [1.165, 1.54) is 24.3 Å². The average molecular weight is 693 g/mol. The summed E-state index contributed by atoms with van der Waals surface area (Å²) in [5.41, 5.74) is 7.00. The maximum atomic E-state index is 14.4. The van der Waals surface area contributed by atoms with Gasteiger partial charge in [-0.25, -0.2) is 13.2 Å². The summed E-state index contributed by atoms with van der Waals surface area (Å²) in [6.07, 6.45) is -7.46. The maximum Gasteiger partial charge on any atom is 0.408 e. The number of aliphatic carboxylic acids is 1. The fourth-order valence-corrected chi connectivity index (χ4v) is 7.01. The molecule has 5 N–H and O–H groups in total. The van der Waals surface area contributed by atoms with Crippen molar-refractivity contribution in [2.45, 2.75) is 67.7 Å². The van der Waals surface area contributed by atoms with Gasteiger partial charge in [-0.3, -0.25) is 9.59 Å². The largest absolute Gasteiger partial charge is 0.480 e. The zero-order valence-electron chi connectivity index (χ0n) is 26.4. The number of rotatable bonds is 16. The van der Waals surface area contributed by atoms with E-state index in [1.54, 1.807) is 67.6 Å². The van der Waals surface area contributed by atoms with Gasteiger partial charge in [-0.15, -0.1) is 0 Å². The Morgan fingerprint density at radius 1 is 0.896 bits per heavy atom. The van der Waals surface area contributed by atoms with Gasteiger partial charge in [-0.2, -0.15) is 17.5 Å². The second-order valence-corrected chi connectivity index (χ2v) is 12.9. The summed E-state index contributed by atoms with van der Waals surface area (Å²) in [7, 11) is -3.30. The van der Waals surface area contributed by atoms with E-state index in [4.69, 9.17) is 5.73 Å². The molecule has 0 fully saturated rings. The lowest BCUT2D eigenvalue weighted by atomic mass is 9.84. The number of sulfonamides is 1. The second kappa shape index (κ2) is 17.0. The number of nitrogens with zero attached hydrogens (tertiary/aromatic N) is 1. The van der Waals surface area contributed by atoms with Crippen LogP contribution >= 0.6 is 0 Å². The molecule has 260 valence electrons. The van der Waals surface area contributed by atoms with Crippen molar-refractivity contribution >= 4 is 33.7 Å². The molecule has 3 aromatic carbocycles. The monoisotopic (exact) mass is 692 g/mol. The van der Waals surface area contributed by atoms with Crippen LogP contribution in [-0.4, -0.2) is 73.8 Å². The number of ether oxygens (including phenoxy) is 1. The van der Waals surface area contributed by atoms with Crippen molar-refractivity contribution in [3.63, 3.8) is 0 Å². The van der Waals surface area contributed by atoms with Gasteiger partial charge in [0, 0.05) is 18.2 Å². The Morgan fingerprint density at radius 2 is 1.44 bits per heavy atom. The van der Waals surface area contributed by atoms with E-state index in [2.05, 4.69) is 10.1 Å². The van der Waals surface area contributed by atoms with E-state index in [-0.39, 0.29) is 23.5 Å². The maximum absolute atomic E-state index is 14.4. The third-order valence-corrected chi connectivity index (χ3v) is 9.56. The molecule has 0 aliphatic heterocycles. The molecule has 0 radical (unpaired) electrons. The highest BCUT2D eigenvalue weighted by Gasteiger charge is 2.43. The Balaban J connectivity index is 1.88. The number of nitrogens with one attached hydrogen (secondary N) is 2. The van der Waals surface area contributed by atoms with Gasteiger partial charge in [0.1, 0.15) is 18.1 Å². The predicted molar refractivity (Wildman–Crippen MR) is 172 cm³/mol. The van der Waals surface area contributed by atoms with E-state index >= 15 is 0 Å². The number of carboxylic acids is 1. The molecule has 0 aromatic heterocycles. The molecule has 0 spiro atoms. The van der Waals surface area contributed by atoms with Crippen LogP contribution in [-0.2, 0) is 24.3 Å². The molecule has 0 heterocycles. The van der Waals surface area contributed by atoms with E-state index in [9.17, 15) is 41.1 Å². The summed E-state index contributed by atoms with van der Waals surface area (Å²) in [5.74, 6) is -3.61. The van der Waals surface area contributed by atoms with Crippen LogP contribution in [0.5, 0.6) is 0 Å². The van der Waals surface area contributed by atoms with Gasteiger partial charge in [-0.05, 0) is 61.1 Å². The lowest BCUT2D eigenvalue weighted by Crippen LogP contribution is -2.55. The Kier molecular flexibility index (Phi) is 13.4. The van der Waals surface area contributed by atoms with E-state index in [0.29, 0.717) is 11.1 Å². The Morgan fingerprint density at radius 3 is 1.90 bits per heavy atom. The molecule has 0 bridgehead atoms. The second-order valence-electron chi connectivity index (χ2n) is 11.0. The molecule has 3 aromatic rings. The van der Waals surface area contributed by atoms with Crippen LogP contribution in [0.25, 0.3) is 0 Å². The number of anilines is 1. The summed E-state index contributed by atoms with van der Waals surface area (Å²) in [5, 5.41) is 14.4. The summed E-state index contributed by atoms with van der Waals surface area (Å²) >= 11 is 0. The van der Waals surface area contributed by atoms with Crippen LogP contribution in [0.2, 0.25) is 0 Å². The summed E-state index contributed by atoms with van der Waals surface area (Å²) in [6, 6.07) is 16.3. The highest BCUT2D eigenvalue weighted by Crippen LogP contribution is 2.31. The topological polar surface area (TPSA) is 168 Å². The quantitative estimate of drug-likeness (QED) is 0.154. The molecule has 2 unspecified atom stereocenters. The molecule has 48 heavy (non-hydrogen) atoms. The van der Waals surface area contributed by atoms with Crippen LogP contribution in [0.4, 0.5) is 23.7 Å². The fourth-order valence-electron chi connectivity index (χ4n) is 5.31. The van der Waals surface area contributed by atoms with Crippen molar-refractivity contribution in [1.82, 2.24) is 14.9 Å². The predicted octanol–water partition coefficient (Wildman–Crippen LogP) is 4.90. The van der Waals surface area contributed by atoms with Crippen LogP contribution in [0.3, 0.4) is 0 Å². The molecular weight excluding hydrogens is 653 g/mol. The molecule has 15 heteroatoms. The first-order chi connectivity index (χ1) is 22.7. The molecule has 0 aliphatic carbocycles. The third-order valence-electron chi connectivity index (χ3n) is 7.64. The van der Waals surface area contributed by atoms with Gasteiger partial charge in [0.05, 0.1) is 12.0 Å². The highest BCUT2D eigenvalue weighted by atomic mass is 32.2. The zero-order chi connectivity index (χ0) is 35.5. The van der Waals surface area contributed by atoms with E-state index in [1.807, 2.05) is 5.32 Å². The molecular formula is C33H39F3N4O7S. The van der Waals surface area contributed by atoms with Gasteiger partial charge in [0.2, 0.25) is 15.9 Å². The number of carbonyl (C=O) groups excluding carboxylic acids is 2. The number of methoxy groups -OCH3 is 1. The zero-order valence-corrected chi connectivity index (χ0v) is 27.2. The highest BCUT2D eigenvalue weighted by molar-refractivity contribution is 7.89. The number of hydrogen-bond acceptors (Lipinski definition) is 7. The number of alkyl halides is 3. The lowest BCUT2D eigenvalue weighted by Gasteiger charge is -2.31. The number of carbonyl (C=O) groups is 3. The summed E-state index contributed by atoms with van der Waals surface area (Å²) < 4.78 is 75.3. The molecule has 0 saturated carbocycles. The van der Waals surface area contributed by atoms with Gasteiger partial charge < -0.3 is 26.2 Å². The van der Waals surface area contributed by atoms with Crippen molar-refractivity contribution in [2.75, 3.05) is 19.4 Å². The molecule has 3 rings (SSSR count). The van der Waals surface area contributed by atoms with Crippen molar-refractivity contribution in [3.8, 4) is 0 Å². The Hall–Kier alpha value is -4.63. The third kappa shape index (κ3) is 9.94. The van der Waals surface area contributed by atoms with Crippen LogP contribution in [0, 0.1) is 0 Å². The number of alkyl carbamates (subject to hydrolysis) is 1. The molecule has 0 aliphatic rings. The average Bonchev–Trinajstić information content (AvgIpc) is 3.05. The van der Waals surface area contributed by atoms with Gasteiger partial charge in [0.25, 0.3) is 0 Å². The number of benzene rings is 3. The molecule has 11 nitrogen and oxygen atoms in total. The van der Waals surface area contributed by atoms with Gasteiger partial charge >= 0.3 is 18.2 Å². The van der Waals surface area contributed by atoms with E-state index < -0.39 is 77.5 Å². The summed E-state index contributed by atoms with van der Waals surface area (Å²) in [6.45, 7) is 1.43. The van der Waals surface area contributed by atoms with Crippen molar-refractivity contribution in [1.29, 1.82) is 0 Å². The van der Waals surface area contributed by atoms with Crippen molar-refractivity contribution in [2.24, 2.45) is 0 Å². The minimum absolute atomic E-state index is 0.204. The molecule has 3 atom stereocenters. The standard InChI is InChI=1S/C33H39F3N4O7S/c1-3-21-40(48(45,46)25-19-17-24(37)18-20-25)26(31(42)43)15-10-16-27(33(34,35)36)38-30(41)29(39-32(44)47-2)28(22-11-6-4-7-12-22)23-13-8-5-9-14-23/h4-9,11-14,17-20,26-29H,3,10,15-16,21,37H2,1-2H3,(H,38,41)(H,39,44)(H,42,43)/t26?,27?,29-/m0/s1. The first-order valence-electron chi connectivity index (χ1n) is 15.1. The van der Waals surface area contributed by atoms with Crippen LogP contribution in [0.15, 0.2) is 89.8 Å². The van der Waals surface area contributed by atoms with Crippen LogP contribution < -0.4 is 16.4 Å². The minimum atomic E-state index is -4.97. The number of hydrogen-bond donors (Lipinski definition) is 4. The Bertz CT molecular complexity index is 1570. The van der Waals surface area contributed by atoms with Crippen molar-refractivity contribution in [3.05, 3.63) is 96.1 Å². The lowest BCUT2D eigenvalue weighted by molar-refractivity contribution is -0.164. The smallest absolute Gasteiger partial charge is 0.408 e.